The second-order valence-corrected chi connectivity index (χ2v) is 10.5. The minimum atomic E-state index is -3.66. The molecule has 7 nitrogen and oxygen atoms in total. The zero-order valence-electron chi connectivity index (χ0n) is 19.4. The molecule has 1 aliphatic heterocycles. The first-order valence-electron chi connectivity index (χ1n) is 10.4. The maximum atomic E-state index is 13.5. The number of hydrogen-bond acceptors (Lipinski definition) is 4. The van der Waals surface area contributed by atoms with Gasteiger partial charge in [-0.1, -0.05) is 13.8 Å². The van der Waals surface area contributed by atoms with Crippen molar-refractivity contribution in [1.29, 1.82) is 0 Å². The molecule has 0 spiro atoms. The summed E-state index contributed by atoms with van der Waals surface area (Å²) in [5.74, 6) is -0.460. The third-order valence-corrected chi connectivity index (χ3v) is 8.54. The van der Waals surface area contributed by atoms with Gasteiger partial charge in [0.1, 0.15) is 6.04 Å². The Balaban J connectivity index is 2.25. The van der Waals surface area contributed by atoms with Crippen molar-refractivity contribution < 1.29 is 18.0 Å². The second kappa shape index (κ2) is 9.06. The Labute approximate surface area is 180 Å². The summed E-state index contributed by atoms with van der Waals surface area (Å²) < 4.78 is 28.4. The van der Waals surface area contributed by atoms with Crippen LogP contribution in [-0.2, 0) is 19.6 Å². The highest BCUT2D eigenvalue weighted by Crippen LogP contribution is 2.32. The van der Waals surface area contributed by atoms with Crippen LogP contribution in [0.4, 0.5) is 0 Å². The number of benzene rings is 1. The topological polar surface area (TPSA) is 86.8 Å². The number of nitrogens with one attached hydrogen (secondary N) is 1. The van der Waals surface area contributed by atoms with Crippen molar-refractivity contribution in [3.63, 3.8) is 0 Å². The normalized spacial score (nSPS) is 16.6. The van der Waals surface area contributed by atoms with Gasteiger partial charge < -0.3 is 10.2 Å². The quantitative estimate of drug-likeness (QED) is 0.765. The number of hydrogen-bond donors (Lipinski definition) is 1. The van der Waals surface area contributed by atoms with Crippen LogP contribution in [0.25, 0.3) is 0 Å². The summed E-state index contributed by atoms with van der Waals surface area (Å²) in [6.07, 6.45) is 0. The first-order valence-corrected chi connectivity index (χ1v) is 11.9. The van der Waals surface area contributed by atoms with Crippen LogP contribution in [0.1, 0.15) is 48.6 Å². The molecule has 0 bridgehead atoms. The highest BCUT2D eigenvalue weighted by molar-refractivity contribution is 7.89. The number of carbonyl (C=O) groups excluding carboxylic acids is 2. The molecule has 8 heteroatoms. The third-order valence-electron chi connectivity index (χ3n) is 6.37. The Morgan fingerprint density at radius 3 is 1.67 bits per heavy atom. The zero-order valence-corrected chi connectivity index (χ0v) is 20.2. The van der Waals surface area contributed by atoms with Gasteiger partial charge in [0.05, 0.1) is 4.90 Å². The number of piperazine rings is 1. The molecule has 1 fully saturated rings. The van der Waals surface area contributed by atoms with E-state index >= 15 is 0 Å². The van der Waals surface area contributed by atoms with Gasteiger partial charge in [-0.05, 0) is 68.4 Å². The predicted molar refractivity (Wildman–Crippen MR) is 118 cm³/mol. The van der Waals surface area contributed by atoms with Gasteiger partial charge in [-0.15, -0.1) is 0 Å². The van der Waals surface area contributed by atoms with Gasteiger partial charge in [-0.2, -0.15) is 4.31 Å². The number of sulfonamides is 1. The van der Waals surface area contributed by atoms with Crippen molar-refractivity contribution in [2.45, 2.75) is 66.3 Å². The number of carbonyl (C=O) groups is 2. The molecule has 1 aliphatic rings. The van der Waals surface area contributed by atoms with Crippen LogP contribution >= 0.6 is 0 Å². The maximum Gasteiger partial charge on any atom is 0.245 e. The van der Waals surface area contributed by atoms with Gasteiger partial charge in [0.15, 0.2) is 0 Å². The molecule has 0 aromatic heterocycles. The van der Waals surface area contributed by atoms with Crippen LogP contribution in [0.2, 0.25) is 0 Å². The maximum absolute atomic E-state index is 13.5. The van der Waals surface area contributed by atoms with Crippen LogP contribution in [0.3, 0.4) is 0 Å². The molecule has 168 valence electrons. The Bertz CT molecular complexity index is 917. The van der Waals surface area contributed by atoms with Crippen molar-refractivity contribution >= 4 is 21.8 Å². The predicted octanol–water partition coefficient (Wildman–Crippen LogP) is 2.22. The van der Waals surface area contributed by atoms with E-state index < -0.39 is 16.1 Å². The zero-order chi connectivity index (χ0) is 23.0. The molecule has 1 N–H and O–H groups in total. The van der Waals surface area contributed by atoms with Crippen LogP contribution in [0.5, 0.6) is 0 Å². The van der Waals surface area contributed by atoms with E-state index in [0.717, 1.165) is 27.8 Å². The lowest BCUT2D eigenvalue weighted by atomic mass is 9.95. The van der Waals surface area contributed by atoms with Gasteiger partial charge in [0, 0.05) is 33.1 Å². The summed E-state index contributed by atoms with van der Waals surface area (Å²) in [6.45, 7) is 15.9. The summed E-state index contributed by atoms with van der Waals surface area (Å²) in [5, 5.41) is 2.71. The summed E-state index contributed by atoms with van der Waals surface area (Å²) in [7, 11) is -3.66. The van der Waals surface area contributed by atoms with E-state index in [1.165, 1.54) is 11.2 Å². The molecule has 0 saturated carbocycles. The van der Waals surface area contributed by atoms with Gasteiger partial charge in [0.25, 0.3) is 0 Å². The molecular weight excluding hydrogens is 402 g/mol. The molecular formula is C22H35N3O4S. The summed E-state index contributed by atoms with van der Waals surface area (Å²) in [5.41, 5.74) is 4.71. The monoisotopic (exact) mass is 437 g/mol. The Kier molecular flexibility index (Phi) is 7.35. The summed E-state index contributed by atoms with van der Waals surface area (Å²) in [4.78, 5) is 26.4. The van der Waals surface area contributed by atoms with Gasteiger partial charge in [0.2, 0.25) is 21.8 Å². The molecule has 2 rings (SSSR count). The van der Waals surface area contributed by atoms with Crippen LogP contribution in [0, 0.1) is 40.5 Å². The standard InChI is InChI=1S/C22H35N3O4S/c1-13(2)20(23-19(8)26)22(27)24-9-11-25(12-10-24)30(28,29)21-17(6)15(4)14(3)16(5)18(21)7/h13,20H,9-12H2,1-8H3,(H,23,26). The summed E-state index contributed by atoms with van der Waals surface area (Å²) >= 11 is 0. The minimum absolute atomic E-state index is 0.0491. The van der Waals surface area contributed by atoms with Gasteiger partial charge in [-0.25, -0.2) is 8.42 Å². The van der Waals surface area contributed by atoms with Crippen molar-refractivity contribution in [2.75, 3.05) is 26.2 Å². The third kappa shape index (κ3) is 4.54. The van der Waals surface area contributed by atoms with Crippen LogP contribution in [-0.4, -0.2) is 61.7 Å². The lowest BCUT2D eigenvalue weighted by Crippen LogP contribution is -2.57. The molecule has 2 amide bonds. The Morgan fingerprint density at radius 1 is 0.833 bits per heavy atom. The Morgan fingerprint density at radius 2 is 1.27 bits per heavy atom. The Hall–Kier alpha value is -1.93. The molecule has 1 unspecified atom stereocenters. The molecule has 0 radical (unpaired) electrons. The highest BCUT2D eigenvalue weighted by atomic mass is 32.2. The summed E-state index contributed by atoms with van der Waals surface area (Å²) in [6, 6.07) is -0.599. The van der Waals surface area contributed by atoms with Crippen LogP contribution in [0.15, 0.2) is 4.90 Å². The van der Waals surface area contributed by atoms with E-state index in [9.17, 15) is 18.0 Å². The minimum Gasteiger partial charge on any atom is -0.344 e. The highest BCUT2D eigenvalue weighted by Gasteiger charge is 2.35. The number of nitrogens with zero attached hydrogens (tertiary/aromatic N) is 2. The average molecular weight is 438 g/mol. The van der Waals surface area contributed by atoms with E-state index in [4.69, 9.17) is 0 Å². The largest absolute Gasteiger partial charge is 0.344 e. The fourth-order valence-electron chi connectivity index (χ4n) is 4.06. The van der Waals surface area contributed by atoms with E-state index in [1.807, 2.05) is 48.5 Å². The van der Waals surface area contributed by atoms with Gasteiger partial charge in [-0.3, -0.25) is 9.59 Å². The van der Waals surface area contributed by atoms with Crippen molar-refractivity contribution in [1.82, 2.24) is 14.5 Å². The van der Waals surface area contributed by atoms with E-state index in [1.54, 1.807) is 4.90 Å². The molecule has 1 aromatic carbocycles. The van der Waals surface area contributed by atoms with E-state index in [0.29, 0.717) is 18.0 Å². The van der Waals surface area contributed by atoms with E-state index in [2.05, 4.69) is 5.32 Å². The van der Waals surface area contributed by atoms with Crippen molar-refractivity contribution in [2.24, 2.45) is 5.92 Å². The molecule has 0 aliphatic carbocycles. The SMILES string of the molecule is CC(=O)NC(C(=O)N1CCN(S(=O)(=O)c2c(C)c(C)c(C)c(C)c2C)CC1)C(C)C. The first-order chi connectivity index (χ1) is 13.8. The molecule has 1 aromatic rings. The average Bonchev–Trinajstić information content (AvgIpc) is 2.68. The smallest absolute Gasteiger partial charge is 0.245 e. The van der Waals surface area contributed by atoms with Gasteiger partial charge >= 0.3 is 0 Å². The lowest BCUT2D eigenvalue weighted by molar-refractivity contribution is -0.138. The number of rotatable bonds is 5. The van der Waals surface area contributed by atoms with E-state index in [-0.39, 0.29) is 30.8 Å². The molecule has 30 heavy (non-hydrogen) atoms. The fraction of sp³-hybridized carbons (Fsp3) is 0.636. The first kappa shape index (κ1) is 24.3. The second-order valence-electron chi connectivity index (χ2n) is 8.61. The molecule has 1 atom stereocenters. The van der Waals surface area contributed by atoms with Crippen molar-refractivity contribution in [3.05, 3.63) is 27.8 Å². The fourth-order valence-corrected chi connectivity index (χ4v) is 6.04. The van der Waals surface area contributed by atoms with Crippen molar-refractivity contribution in [3.8, 4) is 0 Å². The van der Waals surface area contributed by atoms with Crippen LogP contribution < -0.4 is 5.32 Å². The molecule has 1 heterocycles. The lowest BCUT2D eigenvalue weighted by Gasteiger charge is -2.37. The molecule has 1 saturated heterocycles. The number of amides is 2.